The number of urea groups is 1. The highest BCUT2D eigenvalue weighted by molar-refractivity contribution is 6.30. The van der Waals surface area contributed by atoms with E-state index < -0.39 is 5.97 Å². The van der Waals surface area contributed by atoms with Gasteiger partial charge in [0.15, 0.2) is 0 Å². The van der Waals surface area contributed by atoms with E-state index in [-0.39, 0.29) is 18.8 Å². The van der Waals surface area contributed by atoms with Crippen LogP contribution in [-0.4, -0.2) is 75.6 Å². The van der Waals surface area contributed by atoms with Gasteiger partial charge in [-0.1, -0.05) is 11.6 Å². The number of carbonyl (C=O) groups is 2. The second kappa shape index (κ2) is 11.4. The fourth-order valence-corrected chi connectivity index (χ4v) is 4.24. The molecular weight excluding hydrogens is 484 g/mol. The first-order valence-corrected chi connectivity index (χ1v) is 12.0. The molecule has 190 valence electrons. The molecule has 1 unspecified atom stereocenters. The summed E-state index contributed by atoms with van der Waals surface area (Å²) in [5, 5.41) is 19.5. The van der Waals surface area contributed by atoms with Gasteiger partial charge in [0, 0.05) is 61.4 Å². The van der Waals surface area contributed by atoms with Gasteiger partial charge < -0.3 is 20.5 Å². The van der Waals surface area contributed by atoms with E-state index >= 15 is 0 Å². The van der Waals surface area contributed by atoms with Gasteiger partial charge in [-0.25, -0.2) is 4.79 Å². The molecule has 3 N–H and O–H groups in total. The molecule has 0 radical (unpaired) electrons. The van der Waals surface area contributed by atoms with Gasteiger partial charge in [-0.05, 0) is 55.5 Å². The van der Waals surface area contributed by atoms with Gasteiger partial charge in [0.2, 0.25) is 0 Å². The highest BCUT2D eigenvalue weighted by Gasteiger charge is 2.24. The summed E-state index contributed by atoms with van der Waals surface area (Å²) < 4.78 is 8.10. The lowest BCUT2D eigenvalue weighted by Gasteiger charge is -2.37. The second-order valence-corrected chi connectivity index (χ2v) is 9.00. The summed E-state index contributed by atoms with van der Waals surface area (Å²) in [6.45, 7) is 4.78. The number of aromatic nitrogens is 2. The number of carbonyl (C=O) groups excluding carboxylic acids is 1. The zero-order chi connectivity index (χ0) is 25.7. The molecule has 1 fully saturated rings. The molecule has 2 heterocycles. The minimum atomic E-state index is -0.816. The van der Waals surface area contributed by atoms with Crippen molar-refractivity contribution in [2.24, 2.45) is 7.05 Å². The molecule has 2 aromatic carbocycles. The van der Waals surface area contributed by atoms with Gasteiger partial charge in [-0.2, -0.15) is 5.10 Å². The number of nitrogens with one attached hydrogen (secondary N) is 2. The number of anilines is 2. The molecule has 36 heavy (non-hydrogen) atoms. The first-order valence-electron chi connectivity index (χ1n) is 11.6. The van der Waals surface area contributed by atoms with Gasteiger partial charge in [0.25, 0.3) is 0 Å². The van der Waals surface area contributed by atoms with Crippen LogP contribution >= 0.6 is 11.6 Å². The quantitative estimate of drug-likeness (QED) is 0.420. The van der Waals surface area contributed by atoms with Gasteiger partial charge in [0.05, 0.1) is 12.2 Å². The normalized spacial score (nSPS) is 15.3. The standard InChI is InChI=1S/C25H29ClN6O4/c1-17(32-13-11-31(12-14-32)16-24(33)34)36-23-8-7-20(15-21(23)22-9-10-27-30(22)2)29-25(35)28-19-5-3-18(26)4-6-19/h3-10,15,17H,11-14,16H2,1-2H3,(H,33,34)(H2,28,29,35). The van der Waals surface area contributed by atoms with E-state index in [0.29, 0.717) is 48.3 Å². The monoisotopic (exact) mass is 512 g/mol. The number of hydrogen-bond acceptors (Lipinski definition) is 6. The van der Waals surface area contributed by atoms with Crippen molar-refractivity contribution in [3.05, 3.63) is 59.8 Å². The number of nitrogens with zero attached hydrogens (tertiary/aromatic N) is 4. The summed E-state index contributed by atoms with van der Waals surface area (Å²) in [6, 6.07) is 13.8. The largest absolute Gasteiger partial charge is 0.480 e. The minimum absolute atomic E-state index is 0.0494. The second-order valence-electron chi connectivity index (χ2n) is 8.56. The number of ether oxygens (including phenoxy) is 1. The Balaban J connectivity index is 1.47. The fraction of sp³-hybridized carbons (Fsp3) is 0.320. The molecule has 1 aromatic heterocycles. The third kappa shape index (κ3) is 6.54. The topological polar surface area (TPSA) is 112 Å². The Bertz CT molecular complexity index is 1210. The summed E-state index contributed by atoms with van der Waals surface area (Å²) in [5.74, 6) is -0.160. The number of benzene rings is 2. The third-order valence-corrected chi connectivity index (χ3v) is 6.27. The summed E-state index contributed by atoms with van der Waals surface area (Å²) in [7, 11) is 1.84. The van der Waals surface area contributed by atoms with Crippen LogP contribution in [0.4, 0.5) is 16.2 Å². The van der Waals surface area contributed by atoms with Gasteiger partial charge in [0.1, 0.15) is 12.0 Å². The fourth-order valence-electron chi connectivity index (χ4n) is 4.11. The number of aryl methyl sites for hydroxylation is 1. The smallest absolute Gasteiger partial charge is 0.323 e. The highest BCUT2D eigenvalue weighted by Crippen LogP contribution is 2.33. The van der Waals surface area contributed by atoms with Crippen LogP contribution in [-0.2, 0) is 11.8 Å². The summed E-state index contributed by atoms with van der Waals surface area (Å²) in [4.78, 5) is 27.6. The van der Waals surface area contributed by atoms with Gasteiger partial charge in [-0.3, -0.25) is 19.3 Å². The first-order chi connectivity index (χ1) is 17.3. The van der Waals surface area contributed by atoms with Crippen molar-refractivity contribution < 1.29 is 19.4 Å². The Kier molecular flexibility index (Phi) is 8.09. The maximum atomic E-state index is 12.5. The van der Waals surface area contributed by atoms with Crippen molar-refractivity contribution in [1.82, 2.24) is 19.6 Å². The number of carboxylic acids is 1. The van der Waals surface area contributed by atoms with E-state index in [9.17, 15) is 9.59 Å². The molecule has 10 nitrogen and oxygen atoms in total. The average molecular weight is 513 g/mol. The summed E-state index contributed by atoms with van der Waals surface area (Å²) in [6.07, 6.45) is 1.48. The summed E-state index contributed by atoms with van der Waals surface area (Å²) in [5.41, 5.74) is 2.85. The van der Waals surface area contributed by atoms with E-state index in [1.54, 1.807) is 41.2 Å². The molecule has 1 aliphatic heterocycles. The lowest BCUT2D eigenvalue weighted by molar-refractivity contribution is -0.139. The molecule has 0 spiro atoms. The number of hydrogen-bond donors (Lipinski definition) is 3. The highest BCUT2D eigenvalue weighted by atomic mass is 35.5. The van der Waals surface area contributed by atoms with Crippen LogP contribution in [0.1, 0.15) is 6.92 Å². The zero-order valence-corrected chi connectivity index (χ0v) is 20.9. The molecule has 0 aliphatic carbocycles. The van der Waals surface area contributed by atoms with Crippen molar-refractivity contribution in [2.75, 3.05) is 43.4 Å². The molecule has 11 heteroatoms. The van der Waals surface area contributed by atoms with Crippen LogP contribution in [0.2, 0.25) is 5.02 Å². The molecule has 1 atom stereocenters. The van der Waals surface area contributed by atoms with Crippen molar-refractivity contribution >= 4 is 35.0 Å². The number of rotatable bonds is 8. The maximum Gasteiger partial charge on any atom is 0.323 e. The number of amides is 2. The van der Waals surface area contributed by atoms with Crippen molar-refractivity contribution in [3.63, 3.8) is 0 Å². The minimum Gasteiger partial charge on any atom is -0.480 e. The number of carboxylic acid groups (broad SMARTS) is 1. The molecule has 1 saturated heterocycles. The van der Waals surface area contributed by atoms with Crippen LogP contribution in [0.15, 0.2) is 54.7 Å². The van der Waals surface area contributed by atoms with Crippen molar-refractivity contribution in [1.29, 1.82) is 0 Å². The first kappa shape index (κ1) is 25.5. The maximum absolute atomic E-state index is 12.5. The van der Waals surface area contributed by atoms with Crippen LogP contribution < -0.4 is 15.4 Å². The van der Waals surface area contributed by atoms with E-state index in [1.807, 2.05) is 37.1 Å². The number of halogens is 1. The Morgan fingerprint density at radius 2 is 1.72 bits per heavy atom. The van der Waals surface area contributed by atoms with Crippen LogP contribution in [0, 0.1) is 0 Å². The van der Waals surface area contributed by atoms with E-state index in [1.165, 1.54) is 0 Å². The molecule has 4 rings (SSSR count). The zero-order valence-electron chi connectivity index (χ0n) is 20.1. The van der Waals surface area contributed by atoms with Crippen LogP contribution in [0.3, 0.4) is 0 Å². The Morgan fingerprint density at radius 1 is 1.06 bits per heavy atom. The lowest BCUT2D eigenvalue weighted by Crippen LogP contribution is -2.52. The average Bonchev–Trinajstić information content (AvgIpc) is 3.27. The molecular formula is C25H29ClN6O4. The van der Waals surface area contributed by atoms with Crippen LogP contribution in [0.25, 0.3) is 11.3 Å². The van der Waals surface area contributed by atoms with E-state index in [0.717, 1.165) is 11.3 Å². The van der Waals surface area contributed by atoms with Gasteiger partial charge in [-0.15, -0.1) is 0 Å². The SMILES string of the molecule is CC(Oc1ccc(NC(=O)Nc2ccc(Cl)cc2)cc1-c1ccnn1C)N1CCN(CC(=O)O)CC1. The van der Waals surface area contributed by atoms with Crippen molar-refractivity contribution in [2.45, 2.75) is 13.2 Å². The molecule has 0 bridgehead atoms. The van der Waals surface area contributed by atoms with Gasteiger partial charge >= 0.3 is 12.0 Å². The number of aliphatic carboxylic acids is 1. The molecule has 3 aromatic rings. The van der Waals surface area contributed by atoms with E-state index in [4.69, 9.17) is 21.4 Å². The predicted molar refractivity (Wildman–Crippen MR) is 138 cm³/mol. The Hall–Kier alpha value is -3.60. The number of piperazine rings is 1. The van der Waals surface area contributed by atoms with E-state index in [2.05, 4.69) is 20.6 Å². The van der Waals surface area contributed by atoms with Crippen LogP contribution in [0.5, 0.6) is 5.75 Å². The molecule has 2 amide bonds. The third-order valence-electron chi connectivity index (χ3n) is 6.01. The predicted octanol–water partition coefficient (Wildman–Crippen LogP) is 3.81. The Morgan fingerprint density at radius 3 is 2.36 bits per heavy atom. The Labute approximate surface area is 214 Å². The summed E-state index contributed by atoms with van der Waals surface area (Å²) >= 11 is 5.91. The molecule has 0 saturated carbocycles. The van der Waals surface area contributed by atoms with Crippen molar-refractivity contribution in [3.8, 4) is 17.0 Å². The molecule has 1 aliphatic rings. The lowest BCUT2D eigenvalue weighted by atomic mass is 10.1.